The zero-order valence-corrected chi connectivity index (χ0v) is 6.82. The van der Waals surface area contributed by atoms with Crippen molar-refractivity contribution in [3.8, 4) is 0 Å². The number of aliphatic hydroxyl groups is 1. The summed E-state index contributed by atoms with van der Waals surface area (Å²) in [5.41, 5.74) is 0. The van der Waals surface area contributed by atoms with Gasteiger partial charge in [0.1, 0.15) is 24.7 Å². The molecule has 1 heterocycles. The van der Waals surface area contributed by atoms with E-state index in [-0.39, 0.29) is 6.61 Å². The molecule has 1 rings (SSSR count). The summed E-state index contributed by atoms with van der Waals surface area (Å²) in [5, 5.41) is 8.67. The summed E-state index contributed by atoms with van der Waals surface area (Å²) in [7, 11) is 0. The maximum absolute atomic E-state index is 8.67. The molecule has 3 heteroatoms. The van der Waals surface area contributed by atoms with Gasteiger partial charge in [-0.25, -0.2) is 0 Å². The van der Waals surface area contributed by atoms with Gasteiger partial charge >= 0.3 is 0 Å². The highest BCUT2D eigenvalue weighted by Crippen LogP contribution is 2.08. The fourth-order valence-electron chi connectivity index (χ4n) is 0.828. The molecule has 1 aromatic rings. The molecule has 0 aromatic carbocycles. The predicted octanol–water partition coefficient (Wildman–Crippen LogP) is 1.47. The minimum Gasteiger partial charge on any atom is -0.461 e. The van der Waals surface area contributed by atoms with Gasteiger partial charge in [-0.2, -0.15) is 0 Å². The number of furan rings is 1. The molecule has 0 aliphatic carbocycles. The van der Waals surface area contributed by atoms with E-state index in [1.807, 2.05) is 0 Å². The van der Waals surface area contributed by atoms with Crippen molar-refractivity contribution in [2.45, 2.75) is 13.2 Å². The van der Waals surface area contributed by atoms with Crippen LogP contribution in [0.25, 0.3) is 0 Å². The molecule has 0 saturated heterocycles. The summed E-state index contributed by atoms with van der Waals surface area (Å²) in [4.78, 5) is 0. The number of rotatable bonds is 5. The maximum atomic E-state index is 8.67. The summed E-state index contributed by atoms with van der Waals surface area (Å²) >= 11 is 0. The Kier molecular flexibility index (Phi) is 3.57. The molecule has 0 bridgehead atoms. The summed E-state index contributed by atoms with van der Waals surface area (Å²) < 4.78 is 10.3. The van der Waals surface area contributed by atoms with Gasteiger partial charge in [-0.05, 0) is 12.1 Å². The second kappa shape index (κ2) is 4.74. The lowest BCUT2D eigenvalue weighted by Crippen LogP contribution is -1.90. The summed E-state index contributed by atoms with van der Waals surface area (Å²) in [6.45, 7) is 4.38. The van der Waals surface area contributed by atoms with E-state index >= 15 is 0 Å². The van der Waals surface area contributed by atoms with Crippen molar-refractivity contribution >= 4 is 0 Å². The molecular weight excluding hydrogens is 156 g/mol. The van der Waals surface area contributed by atoms with Crippen molar-refractivity contribution in [3.05, 3.63) is 36.3 Å². The van der Waals surface area contributed by atoms with Crippen molar-refractivity contribution in [2.24, 2.45) is 0 Å². The van der Waals surface area contributed by atoms with Gasteiger partial charge in [0.25, 0.3) is 0 Å². The molecule has 0 aliphatic heterocycles. The Morgan fingerprint density at radius 1 is 1.50 bits per heavy atom. The Morgan fingerprint density at radius 2 is 2.25 bits per heavy atom. The average Bonchev–Trinajstić information content (AvgIpc) is 2.53. The summed E-state index contributed by atoms with van der Waals surface area (Å²) in [6.07, 6.45) is 1.68. The zero-order chi connectivity index (χ0) is 8.81. The van der Waals surface area contributed by atoms with Crippen LogP contribution in [0.5, 0.6) is 0 Å². The average molecular weight is 168 g/mol. The van der Waals surface area contributed by atoms with Crippen molar-refractivity contribution in [1.82, 2.24) is 0 Å². The molecule has 0 saturated carbocycles. The van der Waals surface area contributed by atoms with Crippen molar-refractivity contribution in [1.29, 1.82) is 0 Å². The van der Waals surface area contributed by atoms with Crippen molar-refractivity contribution in [3.63, 3.8) is 0 Å². The number of aliphatic hydroxyl groups excluding tert-OH is 1. The van der Waals surface area contributed by atoms with Crippen molar-refractivity contribution in [2.75, 3.05) is 6.61 Å². The Balaban J connectivity index is 2.36. The van der Waals surface area contributed by atoms with E-state index in [1.165, 1.54) is 0 Å². The third-order valence-electron chi connectivity index (χ3n) is 1.35. The monoisotopic (exact) mass is 168 g/mol. The highest BCUT2D eigenvalue weighted by atomic mass is 16.5. The Hall–Kier alpha value is -1.06. The maximum Gasteiger partial charge on any atom is 0.130 e. The number of ether oxygens (including phenoxy) is 1. The van der Waals surface area contributed by atoms with Crippen LogP contribution in [0, 0.1) is 0 Å². The molecule has 0 unspecified atom stereocenters. The molecule has 0 spiro atoms. The third-order valence-corrected chi connectivity index (χ3v) is 1.35. The molecule has 1 N–H and O–H groups in total. The first kappa shape index (κ1) is 9.03. The van der Waals surface area contributed by atoms with Crippen LogP contribution in [-0.2, 0) is 18.0 Å². The van der Waals surface area contributed by atoms with E-state index in [2.05, 4.69) is 6.58 Å². The van der Waals surface area contributed by atoms with Gasteiger partial charge in [-0.3, -0.25) is 0 Å². The standard InChI is InChI=1S/C9H12O3/c1-2-5-11-7-9-4-3-8(6-10)12-9/h2-4,10H,1,5-7H2. The lowest BCUT2D eigenvalue weighted by molar-refractivity contribution is 0.127. The van der Waals surface area contributed by atoms with Crippen LogP contribution >= 0.6 is 0 Å². The first-order valence-electron chi connectivity index (χ1n) is 3.74. The molecular formula is C9H12O3. The molecule has 0 radical (unpaired) electrons. The highest BCUT2D eigenvalue weighted by Gasteiger charge is 1.99. The minimum atomic E-state index is -0.0680. The van der Waals surface area contributed by atoms with Gasteiger partial charge in [-0.1, -0.05) is 6.08 Å². The lowest BCUT2D eigenvalue weighted by atomic mass is 10.4. The smallest absolute Gasteiger partial charge is 0.130 e. The van der Waals surface area contributed by atoms with E-state index in [1.54, 1.807) is 18.2 Å². The zero-order valence-electron chi connectivity index (χ0n) is 6.82. The second-order valence-electron chi connectivity index (χ2n) is 2.33. The van der Waals surface area contributed by atoms with Crippen molar-refractivity contribution < 1.29 is 14.3 Å². The Labute approximate surface area is 71.3 Å². The molecule has 66 valence electrons. The fraction of sp³-hybridized carbons (Fsp3) is 0.333. The molecule has 1 aromatic heterocycles. The Bertz CT molecular complexity index is 240. The second-order valence-corrected chi connectivity index (χ2v) is 2.33. The SMILES string of the molecule is C=CCOCc1ccc(CO)o1. The van der Waals surface area contributed by atoms with Gasteiger partial charge in [0.05, 0.1) is 6.61 Å². The number of hydrogen-bond donors (Lipinski definition) is 1. The van der Waals surface area contributed by atoms with Gasteiger partial charge in [0, 0.05) is 0 Å². The van der Waals surface area contributed by atoms with E-state index < -0.39 is 0 Å². The topological polar surface area (TPSA) is 42.6 Å². The van der Waals surface area contributed by atoms with E-state index in [0.717, 1.165) is 5.76 Å². The predicted molar refractivity (Wildman–Crippen MR) is 44.5 cm³/mol. The van der Waals surface area contributed by atoms with Crippen LogP contribution in [0.4, 0.5) is 0 Å². The number of hydrogen-bond acceptors (Lipinski definition) is 3. The lowest BCUT2D eigenvalue weighted by Gasteiger charge is -1.96. The largest absolute Gasteiger partial charge is 0.461 e. The molecule has 3 nitrogen and oxygen atoms in total. The molecule has 0 atom stereocenters. The van der Waals surface area contributed by atoms with Crippen LogP contribution in [0.15, 0.2) is 29.2 Å². The van der Waals surface area contributed by atoms with Crippen LogP contribution in [0.3, 0.4) is 0 Å². The summed E-state index contributed by atoms with van der Waals surface area (Å²) in [5.74, 6) is 1.29. The third kappa shape index (κ3) is 2.53. The normalized spacial score (nSPS) is 10.1. The van der Waals surface area contributed by atoms with Crippen LogP contribution < -0.4 is 0 Å². The molecule has 0 fully saturated rings. The fourth-order valence-corrected chi connectivity index (χ4v) is 0.828. The van der Waals surface area contributed by atoms with Crippen LogP contribution in [0.2, 0.25) is 0 Å². The summed E-state index contributed by atoms with van der Waals surface area (Å²) in [6, 6.07) is 3.52. The van der Waals surface area contributed by atoms with Crippen LogP contribution in [-0.4, -0.2) is 11.7 Å². The molecule has 0 aliphatic rings. The molecule has 0 amide bonds. The Morgan fingerprint density at radius 3 is 2.83 bits per heavy atom. The van der Waals surface area contributed by atoms with E-state index in [0.29, 0.717) is 19.0 Å². The quantitative estimate of drug-likeness (QED) is 0.534. The van der Waals surface area contributed by atoms with Gasteiger partial charge in [0.2, 0.25) is 0 Å². The minimum absolute atomic E-state index is 0.0680. The van der Waals surface area contributed by atoms with Gasteiger partial charge < -0.3 is 14.3 Å². The first-order valence-corrected chi connectivity index (χ1v) is 3.74. The van der Waals surface area contributed by atoms with Crippen LogP contribution in [0.1, 0.15) is 11.5 Å². The van der Waals surface area contributed by atoms with E-state index in [9.17, 15) is 0 Å². The van der Waals surface area contributed by atoms with Gasteiger partial charge in [0.15, 0.2) is 0 Å². The molecule has 12 heavy (non-hydrogen) atoms. The first-order chi connectivity index (χ1) is 5.86. The highest BCUT2D eigenvalue weighted by molar-refractivity contribution is 5.05. The van der Waals surface area contributed by atoms with Gasteiger partial charge in [-0.15, -0.1) is 6.58 Å². The van der Waals surface area contributed by atoms with E-state index in [4.69, 9.17) is 14.3 Å².